The topological polar surface area (TPSA) is 300 Å². The SMILES string of the molecule is CN(C(=O)N(c1nn(CC(F)(F)F)c2c(-c3ccc(C#CC(C)(C)S(C)(=O)=O)nc3[C@H](Cc3cc(F)cc(F)c3)NC(=O)Cn3nc(C(F)(F)F)c4c3C(F)(F)[C@@H]3C[C@H]43)ccc(Cl)c12)S(C)(=O)=O)[C@@H](CCC(=O)O)C(=O)OCOP(=O)(O)O. The van der Waals surface area contributed by atoms with Gasteiger partial charge in [-0.2, -0.15) is 49.6 Å². The summed E-state index contributed by atoms with van der Waals surface area (Å²) in [7, 11) is -13.8. The van der Waals surface area contributed by atoms with Crippen molar-refractivity contribution in [2.24, 2.45) is 5.92 Å². The predicted octanol–water partition coefficient (Wildman–Crippen LogP) is 6.95. The number of carboxylic acids is 1. The minimum atomic E-state index is -5.32. The van der Waals surface area contributed by atoms with Gasteiger partial charge in [0.2, 0.25) is 22.7 Å². The molecule has 83 heavy (non-hydrogen) atoms. The lowest BCUT2D eigenvalue weighted by molar-refractivity contribution is -0.156. The van der Waals surface area contributed by atoms with E-state index in [9.17, 15) is 80.8 Å². The number of rotatable bonds is 19. The number of anilines is 1. The Morgan fingerprint density at radius 1 is 0.964 bits per heavy atom. The zero-order chi connectivity index (χ0) is 62.1. The fraction of sp³-hybridized carbons (Fsp3) is 0.426. The number of aliphatic carboxylic acids is 1. The second kappa shape index (κ2) is 22.6. The average molecular weight is 1270 g/mol. The van der Waals surface area contributed by atoms with E-state index in [-0.39, 0.29) is 30.6 Å². The van der Waals surface area contributed by atoms with Crippen molar-refractivity contribution in [3.05, 3.63) is 93.0 Å². The van der Waals surface area contributed by atoms with Gasteiger partial charge in [0.25, 0.3) is 5.92 Å². The van der Waals surface area contributed by atoms with E-state index in [1.807, 2.05) is 0 Å². The lowest BCUT2D eigenvalue weighted by Crippen LogP contribution is -2.51. The number of nitrogens with zero attached hydrogens (tertiary/aromatic N) is 7. The van der Waals surface area contributed by atoms with Crippen LogP contribution in [0.25, 0.3) is 22.0 Å². The zero-order valence-electron chi connectivity index (χ0n) is 43.2. The van der Waals surface area contributed by atoms with E-state index in [0.29, 0.717) is 19.4 Å². The monoisotopic (exact) mass is 1260 g/mol. The molecule has 2 aliphatic rings. The number of hydrogen-bond acceptors (Lipinski definition) is 14. The number of fused-ring (bicyclic) bond motifs is 4. The molecule has 0 unspecified atom stereocenters. The summed E-state index contributed by atoms with van der Waals surface area (Å²) in [4.78, 5) is 76.4. The molecule has 7 rings (SSSR count). The third kappa shape index (κ3) is 14.0. The number of likely N-dealkylation sites (N-methyl/N-ethyl adjacent to an activating group) is 1. The van der Waals surface area contributed by atoms with Gasteiger partial charge in [0.05, 0.1) is 33.9 Å². The molecule has 0 radical (unpaired) electrons. The Morgan fingerprint density at radius 2 is 1.59 bits per heavy atom. The van der Waals surface area contributed by atoms with Gasteiger partial charge >= 0.3 is 38.1 Å². The first kappa shape index (κ1) is 63.7. The summed E-state index contributed by atoms with van der Waals surface area (Å²) in [5, 5.41) is 17.5. The van der Waals surface area contributed by atoms with Crippen molar-refractivity contribution in [3.8, 4) is 23.0 Å². The molecule has 3 aromatic heterocycles. The number of nitrogens with one attached hydrogen (secondary N) is 1. The van der Waals surface area contributed by atoms with Gasteiger partial charge in [-0.3, -0.25) is 19.0 Å². The number of carbonyl (C=O) groups excluding carboxylic acids is 3. The number of phosphoric acid groups is 1. The number of benzene rings is 2. The van der Waals surface area contributed by atoms with Crippen molar-refractivity contribution < 1.29 is 109 Å². The Balaban J connectivity index is 1.47. The van der Waals surface area contributed by atoms with Crippen molar-refractivity contribution in [1.82, 2.24) is 34.8 Å². The Labute approximate surface area is 467 Å². The van der Waals surface area contributed by atoms with E-state index < -0.39 is 210 Å². The molecule has 36 heteroatoms. The molecule has 4 atom stereocenters. The predicted molar refractivity (Wildman–Crippen MR) is 268 cm³/mol. The number of halogens is 11. The summed E-state index contributed by atoms with van der Waals surface area (Å²) < 4.78 is 220. The molecule has 1 saturated carbocycles. The Bertz CT molecular complexity index is 3810. The van der Waals surface area contributed by atoms with Crippen LogP contribution in [0.2, 0.25) is 5.02 Å². The highest BCUT2D eigenvalue weighted by Crippen LogP contribution is 2.68. The lowest BCUT2D eigenvalue weighted by Gasteiger charge is -2.30. The fourth-order valence-electron chi connectivity index (χ4n) is 9.05. The first-order valence-electron chi connectivity index (χ1n) is 23.7. The Morgan fingerprint density at radius 3 is 2.16 bits per heavy atom. The molecule has 0 spiro atoms. The highest BCUT2D eigenvalue weighted by atomic mass is 35.5. The molecule has 3 amide bonds. The summed E-state index contributed by atoms with van der Waals surface area (Å²) in [6, 6.07) is -0.0481. The minimum Gasteiger partial charge on any atom is -0.481 e. The highest BCUT2D eigenvalue weighted by molar-refractivity contribution is 7.93. The summed E-state index contributed by atoms with van der Waals surface area (Å²) >= 11 is 6.67. The number of pyridine rings is 1. The van der Waals surface area contributed by atoms with E-state index in [2.05, 4.69) is 41.6 Å². The van der Waals surface area contributed by atoms with Gasteiger partial charge in [0.1, 0.15) is 46.9 Å². The highest BCUT2D eigenvalue weighted by Gasteiger charge is 2.68. The van der Waals surface area contributed by atoms with E-state index in [1.165, 1.54) is 13.8 Å². The van der Waals surface area contributed by atoms with Gasteiger partial charge < -0.3 is 29.8 Å². The normalized spacial score (nSPS) is 16.7. The smallest absolute Gasteiger partial charge is 0.472 e. The number of ether oxygens (including phenoxy) is 1. The molecule has 2 aromatic carbocycles. The van der Waals surface area contributed by atoms with Crippen LogP contribution in [0.4, 0.5) is 54.5 Å². The van der Waals surface area contributed by atoms with E-state index in [0.717, 1.165) is 42.7 Å². The molecule has 5 aromatic rings. The van der Waals surface area contributed by atoms with E-state index in [1.54, 1.807) is 0 Å². The summed E-state index contributed by atoms with van der Waals surface area (Å²) in [6.07, 6.45) is -12.5. The minimum absolute atomic E-state index is 0.0931. The van der Waals surface area contributed by atoms with Crippen LogP contribution in [0.1, 0.15) is 79.0 Å². The van der Waals surface area contributed by atoms with Crippen LogP contribution in [0.3, 0.4) is 0 Å². The third-order valence-corrected chi connectivity index (χ3v) is 16.8. The molecule has 450 valence electrons. The van der Waals surface area contributed by atoms with E-state index in [4.69, 9.17) is 21.4 Å². The number of hydrogen-bond donors (Lipinski definition) is 4. The number of urea groups is 1. The number of carboxylic acid groups (broad SMARTS) is 1. The van der Waals surface area contributed by atoms with Crippen LogP contribution in [0, 0.1) is 29.4 Å². The summed E-state index contributed by atoms with van der Waals surface area (Å²) in [5.74, 6) is -10.1. The molecular formula is C47H44ClF10N8O14PS2. The average Bonchev–Trinajstić information content (AvgIpc) is 1.56. The molecule has 1 fully saturated rings. The van der Waals surface area contributed by atoms with E-state index >= 15 is 8.78 Å². The number of esters is 1. The Hall–Kier alpha value is -6.89. The second-order valence-electron chi connectivity index (χ2n) is 19.6. The molecule has 4 N–H and O–H groups in total. The van der Waals surface area contributed by atoms with Crippen molar-refractivity contribution in [2.45, 2.75) is 93.6 Å². The maximum absolute atomic E-state index is 15.7. The summed E-state index contributed by atoms with van der Waals surface area (Å²) in [5.41, 5.74) is -6.90. The first-order valence-corrected chi connectivity index (χ1v) is 29.3. The molecular weight excluding hydrogens is 1220 g/mol. The molecule has 0 aliphatic heterocycles. The third-order valence-electron chi connectivity index (χ3n) is 13.1. The number of alkyl halides is 8. The first-order chi connectivity index (χ1) is 38.0. The second-order valence-corrected chi connectivity index (χ2v) is 25.6. The molecule has 3 heterocycles. The lowest BCUT2D eigenvalue weighted by atomic mass is 9.93. The number of aromatic nitrogens is 5. The maximum atomic E-state index is 15.7. The molecule has 2 aliphatic carbocycles. The van der Waals surface area contributed by atoms with Gasteiger partial charge in [-0.15, -0.1) is 0 Å². The molecule has 22 nitrogen and oxygen atoms in total. The number of amides is 3. The van der Waals surface area contributed by atoms with Gasteiger partial charge in [0.15, 0.2) is 21.3 Å². The number of sulfonamides is 1. The van der Waals surface area contributed by atoms with Crippen molar-refractivity contribution in [2.75, 3.05) is 30.7 Å². The van der Waals surface area contributed by atoms with Gasteiger partial charge in [0, 0.05) is 48.4 Å². The van der Waals surface area contributed by atoms with Crippen molar-refractivity contribution in [3.63, 3.8) is 0 Å². The van der Waals surface area contributed by atoms with Crippen LogP contribution in [0.15, 0.2) is 42.5 Å². The number of sulfone groups is 1. The number of phosphoric ester groups is 1. The summed E-state index contributed by atoms with van der Waals surface area (Å²) in [6.45, 7) is -2.69. The van der Waals surface area contributed by atoms with Gasteiger partial charge in [-0.05, 0) is 80.8 Å². The van der Waals surface area contributed by atoms with Crippen LogP contribution in [-0.4, -0.2) is 128 Å². The zero-order valence-corrected chi connectivity index (χ0v) is 46.5. The quantitative estimate of drug-likeness (QED) is 0.0214. The fourth-order valence-corrected chi connectivity index (χ4v) is 10.6. The van der Waals surface area contributed by atoms with Gasteiger partial charge in [-0.1, -0.05) is 23.6 Å². The number of carbonyl (C=O) groups is 4. The maximum Gasteiger partial charge on any atom is 0.472 e. The van der Waals surface area contributed by atoms with Crippen LogP contribution in [0.5, 0.6) is 0 Å². The molecule has 0 saturated heterocycles. The van der Waals surface area contributed by atoms with Crippen LogP contribution >= 0.6 is 19.4 Å². The van der Waals surface area contributed by atoms with Gasteiger partial charge in [-0.25, -0.2) is 49.3 Å². The van der Waals surface area contributed by atoms with Crippen molar-refractivity contribution >= 4 is 79.9 Å². The van der Waals surface area contributed by atoms with Crippen LogP contribution < -0.4 is 9.62 Å². The van der Waals surface area contributed by atoms with Crippen molar-refractivity contribution in [1.29, 1.82) is 0 Å². The largest absolute Gasteiger partial charge is 0.481 e. The van der Waals surface area contributed by atoms with Crippen LogP contribution in [-0.2, 0) is 79.7 Å². The Kier molecular flexibility index (Phi) is 17.3. The standard InChI is InChI=1S/C47H44ClF10N8O14PS2/c1-44(2,82(4,75)76)13-12-25-6-7-26(37(59-25)31(16-22-14-23(49)17-24(50)15-22)60-33(67)19-64-40-35(39(61-64)47(56,57)58)28-18-29(28)46(40,54)55)27-8-9-30(48)36-38(27)65(20-45(51,52)53)62-41(36)66(83(5,77)78)43(71)63(3)32(10-11-34(68)69)42(70)79-21-80-81(72,73)74/h6-9,14-15,17,28-29,31-32H,10-11,16,18-21H2,1-5H3,(H,60,67)(H,68,69)(H2,72,73,74)/t28-,29+,31-,32-/m0/s1. The molecule has 0 bridgehead atoms.